The molecule has 1 fully saturated rings. The summed E-state index contributed by atoms with van der Waals surface area (Å²) in [6.45, 7) is 4.90. The largest absolute Gasteiger partial charge is 0.421 e. The molecule has 0 bridgehead atoms. The molecule has 0 atom stereocenters. The van der Waals surface area contributed by atoms with Gasteiger partial charge in [0.15, 0.2) is 0 Å². The highest BCUT2D eigenvalue weighted by Crippen LogP contribution is 2.40. The number of aromatic nitrogens is 2. The van der Waals surface area contributed by atoms with E-state index in [0.29, 0.717) is 31.2 Å². The third-order valence-corrected chi connectivity index (χ3v) is 6.48. The maximum Gasteiger partial charge on any atom is 0.247 e. The summed E-state index contributed by atoms with van der Waals surface area (Å²) in [4.78, 5) is 12.6. The van der Waals surface area contributed by atoms with Gasteiger partial charge in [-0.2, -0.15) is 0 Å². The first-order chi connectivity index (χ1) is 15.1. The van der Waals surface area contributed by atoms with Crippen molar-refractivity contribution in [3.8, 4) is 11.5 Å². The Hall–Kier alpha value is -2.95. The van der Waals surface area contributed by atoms with Gasteiger partial charge in [-0.1, -0.05) is 61.2 Å². The number of hydrogen-bond acceptors (Lipinski definition) is 4. The molecule has 1 aliphatic rings. The SMILES string of the molecule is Cc1ccc(-c2nnc(CCC(=O)NCC3(c4ccccc4C)CCCCC3)o2)cc1. The minimum absolute atomic E-state index is 0.0358. The number of hydrogen-bond donors (Lipinski definition) is 1. The fourth-order valence-electron chi connectivity index (χ4n) is 4.68. The monoisotopic (exact) mass is 417 g/mol. The third kappa shape index (κ3) is 5.04. The highest BCUT2D eigenvalue weighted by atomic mass is 16.4. The molecular formula is C26H31N3O2. The summed E-state index contributed by atoms with van der Waals surface area (Å²) in [6.07, 6.45) is 6.76. The fraction of sp³-hybridized carbons (Fsp3) is 0.423. The number of benzene rings is 2. The minimum Gasteiger partial charge on any atom is -0.421 e. The van der Waals surface area contributed by atoms with Crippen molar-refractivity contribution in [1.82, 2.24) is 15.5 Å². The van der Waals surface area contributed by atoms with Crippen molar-refractivity contribution in [2.45, 2.75) is 64.2 Å². The quantitative estimate of drug-likeness (QED) is 0.566. The van der Waals surface area contributed by atoms with Crippen LogP contribution >= 0.6 is 0 Å². The Balaban J connectivity index is 1.35. The van der Waals surface area contributed by atoms with Crippen molar-refractivity contribution in [3.05, 3.63) is 71.1 Å². The number of aryl methyl sites for hydroxylation is 3. The summed E-state index contributed by atoms with van der Waals surface area (Å²) in [5.41, 5.74) is 4.82. The molecule has 0 radical (unpaired) electrons. The van der Waals surface area contributed by atoms with E-state index in [-0.39, 0.29) is 11.3 Å². The second-order valence-corrected chi connectivity index (χ2v) is 8.80. The van der Waals surface area contributed by atoms with Gasteiger partial charge in [-0.05, 0) is 49.9 Å². The van der Waals surface area contributed by atoms with E-state index < -0.39 is 0 Å². The lowest BCUT2D eigenvalue weighted by Gasteiger charge is -2.39. The van der Waals surface area contributed by atoms with Crippen LogP contribution in [0.15, 0.2) is 52.9 Å². The van der Waals surface area contributed by atoms with E-state index in [4.69, 9.17) is 4.42 Å². The van der Waals surface area contributed by atoms with Crippen LogP contribution in [0.25, 0.3) is 11.5 Å². The molecule has 1 saturated carbocycles. The van der Waals surface area contributed by atoms with E-state index in [1.807, 2.05) is 31.2 Å². The molecule has 5 nitrogen and oxygen atoms in total. The van der Waals surface area contributed by atoms with Crippen molar-refractivity contribution in [2.75, 3.05) is 6.54 Å². The zero-order valence-corrected chi connectivity index (χ0v) is 18.5. The number of amides is 1. The summed E-state index contributed by atoms with van der Waals surface area (Å²) in [7, 11) is 0. The van der Waals surface area contributed by atoms with E-state index in [1.54, 1.807) is 0 Å². The van der Waals surface area contributed by atoms with Crippen molar-refractivity contribution >= 4 is 5.91 Å². The average Bonchev–Trinajstić information content (AvgIpc) is 3.27. The smallest absolute Gasteiger partial charge is 0.247 e. The Kier molecular flexibility index (Phi) is 6.50. The lowest BCUT2D eigenvalue weighted by molar-refractivity contribution is -0.121. The molecule has 1 amide bonds. The standard InChI is InChI=1S/C26H31N3O2/c1-19-10-12-21(13-11-19)25-29-28-24(31-25)15-14-23(30)27-18-26(16-6-3-7-17-26)22-9-5-4-8-20(22)2/h4-5,8-13H,3,6-7,14-18H2,1-2H3,(H,27,30). The van der Waals surface area contributed by atoms with Gasteiger partial charge in [-0.25, -0.2) is 0 Å². The Morgan fingerprint density at radius 1 is 1.00 bits per heavy atom. The first-order valence-corrected chi connectivity index (χ1v) is 11.3. The summed E-state index contributed by atoms with van der Waals surface area (Å²) >= 11 is 0. The second-order valence-electron chi connectivity index (χ2n) is 8.80. The van der Waals surface area contributed by atoms with Crippen LogP contribution in [0.3, 0.4) is 0 Å². The molecule has 1 heterocycles. The van der Waals surface area contributed by atoms with Crippen LogP contribution in [0.2, 0.25) is 0 Å². The summed E-state index contributed by atoms with van der Waals surface area (Å²) in [6, 6.07) is 16.6. The van der Waals surface area contributed by atoms with Crippen LogP contribution in [0, 0.1) is 13.8 Å². The molecule has 4 rings (SSSR count). The van der Waals surface area contributed by atoms with E-state index in [1.165, 1.54) is 36.0 Å². The molecule has 0 spiro atoms. The van der Waals surface area contributed by atoms with Gasteiger partial charge in [0, 0.05) is 30.4 Å². The van der Waals surface area contributed by atoms with Crippen molar-refractivity contribution in [2.24, 2.45) is 0 Å². The average molecular weight is 418 g/mol. The summed E-state index contributed by atoms with van der Waals surface area (Å²) in [5, 5.41) is 11.4. The fourth-order valence-corrected chi connectivity index (χ4v) is 4.68. The van der Waals surface area contributed by atoms with E-state index in [2.05, 4.69) is 46.7 Å². The van der Waals surface area contributed by atoms with Gasteiger partial charge in [-0.15, -0.1) is 10.2 Å². The van der Waals surface area contributed by atoms with E-state index >= 15 is 0 Å². The first kappa shape index (κ1) is 21.3. The molecule has 2 aromatic carbocycles. The van der Waals surface area contributed by atoms with Crippen molar-refractivity contribution in [1.29, 1.82) is 0 Å². The van der Waals surface area contributed by atoms with Gasteiger partial charge in [0.25, 0.3) is 0 Å². The number of nitrogens with one attached hydrogen (secondary N) is 1. The maximum atomic E-state index is 12.6. The lowest BCUT2D eigenvalue weighted by atomic mass is 9.68. The van der Waals surface area contributed by atoms with Gasteiger partial charge in [0.2, 0.25) is 17.7 Å². The molecule has 162 valence electrons. The van der Waals surface area contributed by atoms with Crippen LogP contribution in [-0.2, 0) is 16.6 Å². The maximum absolute atomic E-state index is 12.6. The van der Waals surface area contributed by atoms with Gasteiger partial charge < -0.3 is 9.73 Å². The lowest BCUT2D eigenvalue weighted by Crippen LogP contribution is -2.42. The first-order valence-electron chi connectivity index (χ1n) is 11.3. The minimum atomic E-state index is 0.0358. The van der Waals surface area contributed by atoms with E-state index in [0.717, 1.165) is 18.4 Å². The zero-order valence-electron chi connectivity index (χ0n) is 18.5. The van der Waals surface area contributed by atoms with Gasteiger partial charge in [-0.3, -0.25) is 4.79 Å². The molecule has 0 saturated heterocycles. The Morgan fingerprint density at radius 2 is 1.74 bits per heavy atom. The predicted molar refractivity (Wildman–Crippen MR) is 122 cm³/mol. The molecule has 0 aliphatic heterocycles. The normalized spacial score (nSPS) is 15.5. The van der Waals surface area contributed by atoms with Crippen LogP contribution in [0.5, 0.6) is 0 Å². The molecule has 1 N–H and O–H groups in total. The van der Waals surface area contributed by atoms with Gasteiger partial charge in [0.05, 0.1) is 0 Å². The molecule has 1 aromatic heterocycles. The van der Waals surface area contributed by atoms with Crippen LogP contribution in [0.1, 0.15) is 61.1 Å². The van der Waals surface area contributed by atoms with E-state index in [9.17, 15) is 4.79 Å². The molecule has 3 aromatic rings. The highest BCUT2D eigenvalue weighted by molar-refractivity contribution is 5.76. The van der Waals surface area contributed by atoms with Crippen molar-refractivity contribution < 1.29 is 9.21 Å². The molecule has 5 heteroatoms. The third-order valence-electron chi connectivity index (χ3n) is 6.48. The Labute approximate surface area is 184 Å². The van der Waals surface area contributed by atoms with Crippen LogP contribution in [-0.4, -0.2) is 22.6 Å². The van der Waals surface area contributed by atoms with Gasteiger partial charge in [0.1, 0.15) is 0 Å². The highest BCUT2D eigenvalue weighted by Gasteiger charge is 2.35. The molecule has 0 unspecified atom stereocenters. The summed E-state index contributed by atoms with van der Waals surface area (Å²) < 4.78 is 5.76. The van der Waals surface area contributed by atoms with Gasteiger partial charge >= 0.3 is 0 Å². The molecular weight excluding hydrogens is 386 g/mol. The number of nitrogens with zero attached hydrogens (tertiary/aromatic N) is 2. The topological polar surface area (TPSA) is 68.0 Å². The Bertz CT molecular complexity index is 1020. The van der Waals surface area contributed by atoms with Crippen LogP contribution in [0.4, 0.5) is 0 Å². The van der Waals surface area contributed by atoms with Crippen LogP contribution < -0.4 is 5.32 Å². The predicted octanol–water partition coefficient (Wildman–Crippen LogP) is 5.30. The molecule has 1 aliphatic carbocycles. The molecule has 31 heavy (non-hydrogen) atoms. The number of carbonyl (C=O) groups is 1. The summed E-state index contributed by atoms with van der Waals surface area (Å²) in [5.74, 6) is 1.03. The zero-order chi connectivity index (χ0) is 21.7. The number of rotatable bonds is 7. The second kappa shape index (κ2) is 9.46. The Morgan fingerprint density at radius 3 is 2.48 bits per heavy atom. The van der Waals surface area contributed by atoms with Crippen molar-refractivity contribution in [3.63, 3.8) is 0 Å². The number of carbonyl (C=O) groups excluding carboxylic acids is 1.